The van der Waals surface area contributed by atoms with Crippen molar-refractivity contribution in [2.45, 2.75) is 219 Å². The van der Waals surface area contributed by atoms with Gasteiger partial charge in [0.15, 0.2) is 36.2 Å². The number of alkyl carbamates (subject to hydrolysis) is 1. The number of esters is 1. The van der Waals surface area contributed by atoms with Crippen molar-refractivity contribution < 1.29 is 156 Å². The summed E-state index contributed by atoms with van der Waals surface area (Å²) < 4.78 is 61.9. The van der Waals surface area contributed by atoms with Gasteiger partial charge in [0.1, 0.15) is 108 Å². The summed E-state index contributed by atoms with van der Waals surface area (Å²) >= 11 is 14.6. The van der Waals surface area contributed by atoms with Crippen LogP contribution in [-0.2, 0) is 81.1 Å². The Morgan fingerprint density at radius 1 is 0.694 bits per heavy atom. The van der Waals surface area contributed by atoms with Crippen LogP contribution >= 0.6 is 23.2 Å². The Bertz CT molecular complexity index is 4890. The number of hydrogen-bond acceptors (Lipinski definition) is 33. The number of ether oxygens (including phenoxy) is 10. The summed E-state index contributed by atoms with van der Waals surface area (Å²) in [5.74, 6) is -18.1. The molecule has 5 aromatic rings. The molecule has 672 valence electrons. The lowest BCUT2D eigenvalue weighted by Crippen LogP contribution is -2.64. The Morgan fingerprint density at radius 2 is 1.31 bits per heavy atom. The molecular weight excluding hydrogens is 1680 g/mol. The molecule has 13 rings (SSSR count). The molecule has 0 aromatic heterocycles. The Hall–Kier alpha value is -10.9. The predicted molar refractivity (Wildman–Crippen MR) is 423 cm³/mol. The van der Waals surface area contributed by atoms with Crippen molar-refractivity contribution in [3.8, 4) is 57.1 Å². The number of fused-ring (bicyclic) bond motifs is 15. The fourth-order valence-corrected chi connectivity index (χ4v) is 15.6. The number of primary amides is 1. The van der Waals surface area contributed by atoms with E-state index in [0.717, 1.165) is 66.7 Å². The summed E-state index contributed by atoms with van der Waals surface area (Å²) in [6, 6.07) is -1.73. The van der Waals surface area contributed by atoms with Gasteiger partial charge in [-0.25, -0.2) is 9.59 Å². The number of aliphatic hydroxyl groups excluding tert-OH is 7. The van der Waals surface area contributed by atoms with E-state index in [1.165, 1.54) is 46.9 Å². The van der Waals surface area contributed by atoms with Gasteiger partial charge in [0.2, 0.25) is 60.2 Å². The van der Waals surface area contributed by atoms with Crippen LogP contribution in [-0.4, -0.2) is 251 Å². The quantitative estimate of drug-likeness (QED) is 0.0245. The van der Waals surface area contributed by atoms with Crippen LogP contribution in [0.1, 0.15) is 138 Å². The van der Waals surface area contributed by atoms with Gasteiger partial charge < -0.3 is 162 Å². The van der Waals surface area contributed by atoms with Gasteiger partial charge in [0.25, 0.3) is 0 Å². The number of rotatable bonds is 22. The van der Waals surface area contributed by atoms with E-state index in [4.69, 9.17) is 82.0 Å². The SMILES string of the molecule is CNC(CC(C)C)C(=O)NC1C(=O)NC(CC(N)=O)C(=O)NC2C(=O)NC3C(=O)NC(C(=O)NC(C(=O)O)c4cc(O)cc(O)c4-c4cc3ccc4O)C(OC3CC(C)(NC(=O)OCOC(=O)CCC(O)C=O)C(O)C(C)O3)c3ccc(c(Cl)c3)Oc3cc2cc(c3OC2OC(CO)C(O)C(O)C2OC2CC(C)(N)C(O)C(C)O2)Oc2ccc(cc2Cl)C1O. The molecule has 0 spiro atoms. The molecule has 0 radical (unpaired) electrons. The van der Waals surface area contributed by atoms with Crippen molar-refractivity contribution in [1.29, 1.82) is 0 Å². The highest BCUT2D eigenvalue weighted by molar-refractivity contribution is 6.32. The zero-order chi connectivity index (χ0) is 90.6. The highest BCUT2D eigenvalue weighted by Gasteiger charge is 2.53. The molecule has 42 nitrogen and oxygen atoms in total. The first-order valence-corrected chi connectivity index (χ1v) is 39.8. The molecule has 23 unspecified atom stereocenters. The number of carbonyl (C=O) groups is 11. The van der Waals surface area contributed by atoms with Gasteiger partial charge >= 0.3 is 18.0 Å². The number of likely N-dealkylation sites (N-methyl/N-ethyl adjacent to an activating group) is 1. The lowest BCUT2D eigenvalue weighted by atomic mass is 9.85. The fraction of sp³-hybridized carbons (Fsp3) is 0.487. The van der Waals surface area contributed by atoms with Crippen molar-refractivity contribution in [3.63, 3.8) is 0 Å². The minimum atomic E-state index is -2.46. The maximum atomic E-state index is 16.5. The number of nitrogens with two attached hydrogens (primary N) is 2. The Morgan fingerprint density at radius 3 is 1.92 bits per heavy atom. The molecule has 0 aliphatic carbocycles. The van der Waals surface area contributed by atoms with E-state index in [2.05, 4.69) is 42.5 Å². The molecule has 8 aliphatic rings. The third-order valence-corrected chi connectivity index (χ3v) is 22.3. The molecule has 0 saturated carbocycles. The topological polar surface area (TPSA) is 651 Å². The monoisotopic (exact) mass is 1780 g/mol. The van der Waals surface area contributed by atoms with Crippen molar-refractivity contribution in [1.82, 2.24) is 42.5 Å². The molecule has 124 heavy (non-hydrogen) atoms. The number of aldehydes is 1. The Labute approximate surface area is 715 Å². The number of aliphatic hydroxyl groups is 7. The van der Waals surface area contributed by atoms with Crippen LogP contribution in [0.3, 0.4) is 0 Å². The van der Waals surface area contributed by atoms with Crippen LogP contribution in [0.15, 0.2) is 78.9 Å². The first-order valence-electron chi connectivity index (χ1n) is 39.0. The van der Waals surface area contributed by atoms with Crippen molar-refractivity contribution in [2.75, 3.05) is 20.4 Å². The van der Waals surface area contributed by atoms with Crippen LogP contribution in [0.25, 0.3) is 11.1 Å². The number of amides is 8. The number of phenolic OH excluding ortho intramolecular Hbond substituents is 3. The first kappa shape index (κ1) is 93.8. The molecule has 23 N–H and O–H groups in total. The minimum Gasteiger partial charge on any atom is -0.508 e. The van der Waals surface area contributed by atoms with Crippen LogP contribution < -0.4 is 68.2 Å². The molecule has 8 amide bonds. The predicted octanol–water partition coefficient (Wildman–Crippen LogP) is -0.0481. The largest absolute Gasteiger partial charge is 0.508 e. The van der Waals surface area contributed by atoms with Crippen molar-refractivity contribution in [2.24, 2.45) is 17.4 Å². The van der Waals surface area contributed by atoms with Gasteiger partial charge in [-0.1, -0.05) is 55.2 Å². The number of halogens is 2. The van der Waals surface area contributed by atoms with E-state index in [1.54, 1.807) is 13.8 Å². The summed E-state index contributed by atoms with van der Waals surface area (Å²) in [5, 5.41) is 145. The average Bonchev–Trinajstić information content (AvgIpc) is 0.765. The number of phenols is 3. The van der Waals surface area contributed by atoms with Crippen molar-refractivity contribution in [3.05, 3.63) is 117 Å². The lowest BCUT2D eigenvalue weighted by molar-refractivity contribution is -0.333. The summed E-state index contributed by atoms with van der Waals surface area (Å²) in [5.41, 5.74) is 5.70. The Kier molecular flexibility index (Phi) is 29.6. The number of aliphatic carboxylic acids is 1. The van der Waals surface area contributed by atoms with Gasteiger partial charge in [0.05, 0.1) is 53.0 Å². The molecule has 3 fully saturated rings. The molecule has 8 heterocycles. The first-order chi connectivity index (χ1) is 58.5. The van der Waals surface area contributed by atoms with Crippen LogP contribution in [0.2, 0.25) is 10.0 Å². The average molecular weight is 1780 g/mol. The number of hydrogen-bond donors (Lipinski definition) is 21. The van der Waals surface area contributed by atoms with Gasteiger partial charge in [-0.2, -0.15) is 0 Å². The maximum absolute atomic E-state index is 16.5. The van der Waals surface area contributed by atoms with Crippen molar-refractivity contribution >= 4 is 88.9 Å². The standard InChI is InChI=1S/C80H96Cl2N10O32/c1-30(2)16-43(85-7)70(106)90-60-62(101)34-9-13-47(41(81)18-34)119-49-20-36-21-50(66(49)124-77-67(64(103)63(102)51(28-94)121-77)123-54-25-79(5,84)68(104)31(3)117-54)120-48-14-10-35(19-42(48)82)65(122-55-26-80(6,69(105)32(4)118-55)92-78(114)116-29-115-53(100)15-11-37(95)27-93)61-75(111)89-59(76(112)113)40-22-38(96)23-46(98)56(40)39-17-33(8-12-45(39)97)57(72(108)91-61)88-73(109)58(36)87-71(107)44(24-52(83)99)86-74(60)110/h8-10,12-14,17-23,27,30-32,37,43-44,51,54-55,57-65,67-69,77,85,94-98,101-105H,11,15-16,24-26,28-29,84H2,1-7H3,(H2,83,99)(H,86,110)(H,87,107)(H,88,109)(H,89,111)(H,90,106)(H,91,108)(H,92,114)(H,112,113). The second-order valence-corrected chi connectivity index (χ2v) is 32.4. The third kappa shape index (κ3) is 21.2. The zero-order valence-corrected chi connectivity index (χ0v) is 68.9. The second-order valence-electron chi connectivity index (χ2n) is 31.6. The maximum Gasteiger partial charge on any atom is 0.410 e. The number of carboxylic acid groups (broad SMARTS) is 1. The summed E-state index contributed by atoms with van der Waals surface area (Å²) in [7, 11) is 1.45. The van der Waals surface area contributed by atoms with E-state index in [-0.39, 0.29) is 42.6 Å². The molecule has 23 atom stereocenters. The summed E-state index contributed by atoms with van der Waals surface area (Å²) in [4.78, 5) is 158. The molecule has 8 aliphatic heterocycles. The zero-order valence-electron chi connectivity index (χ0n) is 67.3. The van der Waals surface area contributed by atoms with E-state index >= 15 is 24.0 Å². The lowest BCUT2D eigenvalue weighted by Gasteiger charge is -2.47. The normalized spacial score (nSPS) is 30.0. The smallest absolute Gasteiger partial charge is 0.410 e. The molecule has 44 heteroatoms. The third-order valence-electron chi connectivity index (χ3n) is 21.7. The highest BCUT2D eigenvalue weighted by Crippen LogP contribution is 2.51. The molecule has 5 aromatic carbocycles. The van der Waals surface area contributed by atoms with E-state index in [9.17, 15) is 84.9 Å². The minimum absolute atomic E-state index is 0.140. The van der Waals surface area contributed by atoms with E-state index in [0.29, 0.717) is 0 Å². The fourth-order valence-electron chi connectivity index (χ4n) is 15.2. The van der Waals surface area contributed by atoms with Crippen LogP contribution in [0.5, 0.6) is 46.0 Å². The molecular formula is C80H96Cl2N10O32. The second kappa shape index (κ2) is 39.1. The number of aromatic hydroxyl groups is 3. The van der Waals surface area contributed by atoms with E-state index < -0.39 is 315 Å². The number of carbonyl (C=O) groups excluding carboxylic acids is 10. The molecule has 11 bridgehead atoms. The number of nitrogens with one attached hydrogen (secondary N) is 8. The Balaban J connectivity index is 1.16. The molecule has 3 saturated heterocycles. The van der Waals surface area contributed by atoms with Gasteiger partial charge in [-0.3, -0.25) is 38.4 Å². The summed E-state index contributed by atoms with van der Waals surface area (Å²) in [6.07, 6.45) is -28.3. The number of benzene rings is 5. The van der Waals surface area contributed by atoms with Crippen LogP contribution in [0, 0.1) is 5.92 Å². The van der Waals surface area contributed by atoms with Gasteiger partial charge in [-0.15, -0.1) is 0 Å². The van der Waals surface area contributed by atoms with Gasteiger partial charge in [0, 0.05) is 47.6 Å². The van der Waals surface area contributed by atoms with Crippen LogP contribution in [0.4, 0.5) is 4.79 Å². The van der Waals surface area contributed by atoms with E-state index in [1.807, 2.05) is 0 Å². The number of carboxylic acids is 1. The summed E-state index contributed by atoms with van der Waals surface area (Å²) in [6.45, 7) is 7.09. The van der Waals surface area contributed by atoms with Gasteiger partial charge in [-0.05, 0) is 130 Å². The highest BCUT2D eigenvalue weighted by atomic mass is 35.5.